The molecule has 0 bridgehead atoms. The predicted octanol–water partition coefficient (Wildman–Crippen LogP) is 3.12. The summed E-state index contributed by atoms with van der Waals surface area (Å²) in [6, 6.07) is 9.07. The van der Waals surface area contributed by atoms with Gasteiger partial charge in [-0.2, -0.15) is 0 Å². The number of carbonyl (C=O) groups excluding carboxylic acids is 1. The van der Waals surface area contributed by atoms with Crippen LogP contribution in [0, 0.1) is 0 Å². The molecule has 6 heteroatoms. The summed E-state index contributed by atoms with van der Waals surface area (Å²) >= 11 is 0. The van der Waals surface area contributed by atoms with Crippen LogP contribution in [-0.4, -0.2) is 44.3 Å². The number of carbonyl (C=O) groups is 1. The van der Waals surface area contributed by atoms with E-state index in [0.717, 1.165) is 18.6 Å². The van der Waals surface area contributed by atoms with Gasteiger partial charge in [-0.05, 0) is 43.2 Å². The number of methoxy groups -OCH3 is 2. The molecule has 1 aromatic heterocycles. The molecular weight excluding hydrogens is 322 g/mol. The fraction of sp³-hybridized carbons (Fsp3) is 0.421. The summed E-state index contributed by atoms with van der Waals surface area (Å²) in [5.41, 5.74) is 0.565. The largest absolute Gasteiger partial charge is 0.493 e. The molecule has 6 nitrogen and oxygen atoms in total. The first-order chi connectivity index (χ1) is 12.2. The van der Waals surface area contributed by atoms with E-state index in [1.165, 1.54) is 0 Å². The van der Waals surface area contributed by atoms with E-state index < -0.39 is 0 Å². The van der Waals surface area contributed by atoms with E-state index >= 15 is 0 Å². The fourth-order valence-corrected chi connectivity index (χ4v) is 3.07. The molecule has 1 fully saturated rings. The Morgan fingerprint density at radius 3 is 2.56 bits per heavy atom. The Bertz CT molecular complexity index is 692. The van der Waals surface area contributed by atoms with Crippen molar-refractivity contribution in [1.29, 1.82) is 0 Å². The molecule has 0 saturated carbocycles. The number of hydrogen-bond donors (Lipinski definition) is 0. The number of nitrogens with zero attached hydrogens (tertiary/aromatic N) is 1. The average Bonchev–Trinajstić information content (AvgIpc) is 3.19. The van der Waals surface area contributed by atoms with E-state index in [1.54, 1.807) is 38.7 Å². The van der Waals surface area contributed by atoms with Gasteiger partial charge in [0.15, 0.2) is 11.5 Å². The van der Waals surface area contributed by atoms with E-state index in [9.17, 15) is 4.79 Å². The van der Waals surface area contributed by atoms with E-state index in [1.807, 2.05) is 17.0 Å². The molecule has 134 valence electrons. The normalized spacial score (nSPS) is 15.0. The van der Waals surface area contributed by atoms with Crippen LogP contribution >= 0.6 is 0 Å². The van der Waals surface area contributed by atoms with Gasteiger partial charge >= 0.3 is 0 Å². The lowest BCUT2D eigenvalue weighted by Crippen LogP contribution is -2.42. The predicted molar refractivity (Wildman–Crippen MR) is 92.0 cm³/mol. The molecule has 0 aliphatic carbocycles. The first-order valence-electron chi connectivity index (χ1n) is 8.36. The summed E-state index contributed by atoms with van der Waals surface area (Å²) in [6.45, 7) is 1.77. The van der Waals surface area contributed by atoms with Gasteiger partial charge in [0, 0.05) is 24.8 Å². The van der Waals surface area contributed by atoms with Gasteiger partial charge in [-0.25, -0.2) is 0 Å². The van der Waals surface area contributed by atoms with Crippen molar-refractivity contribution in [2.24, 2.45) is 0 Å². The quantitative estimate of drug-likeness (QED) is 0.805. The highest BCUT2D eigenvalue weighted by molar-refractivity contribution is 5.95. The number of hydrogen-bond acceptors (Lipinski definition) is 5. The highest BCUT2D eigenvalue weighted by Gasteiger charge is 2.28. The van der Waals surface area contributed by atoms with Gasteiger partial charge in [-0.1, -0.05) is 0 Å². The third-order valence-electron chi connectivity index (χ3n) is 4.43. The van der Waals surface area contributed by atoms with Gasteiger partial charge in [-0.3, -0.25) is 4.79 Å². The van der Waals surface area contributed by atoms with E-state index in [-0.39, 0.29) is 11.9 Å². The van der Waals surface area contributed by atoms with Gasteiger partial charge in [0.25, 0.3) is 5.91 Å². The second-order valence-corrected chi connectivity index (χ2v) is 5.93. The fourth-order valence-electron chi connectivity index (χ4n) is 3.07. The molecule has 0 radical (unpaired) electrons. The minimum atomic E-state index is -0.0516. The van der Waals surface area contributed by atoms with E-state index in [2.05, 4.69) is 0 Å². The summed E-state index contributed by atoms with van der Waals surface area (Å²) in [4.78, 5) is 15.0. The Morgan fingerprint density at radius 2 is 1.92 bits per heavy atom. The topological polar surface area (TPSA) is 61.1 Å². The molecule has 1 aliphatic rings. The summed E-state index contributed by atoms with van der Waals surface area (Å²) < 4.78 is 21.5. The zero-order chi connectivity index (χ0) is 17.6. The van der Waals surface area contributed by atoms with Crippen molar-refractivity contribution < 1.29 is 23.4 Å². The summed E-state index contributed by atoms with van der Waals surface area (Å²) in [7, 11) is 3.13. The Morgan fingerprint density at radius 1 is 1.16 bits per heavy atom. The standard InChI is InChI=1S/C19H23NO5/c1-22-17-6-5-14(12-18(17)23-2)19(21)20(13-16-4-3-9-25-16)15-7-10-24-11-8-15/h3-6,9,12,15H,7-8,10-11,13H2,1-2H3. The molecule has 0 spiro atoms. The monoisotopic (exact) mass is 345 g/mol. The zero-order valence-corrected chi connectivity index (χ0v) is 14.6. The smallest absolute Gasteiger partial charge is 0.254 e. The lowest BCUT2D eigenvalue weighted by molar-refractivity contribution is 0.0249. The number of rotatable bonds is 6. The molecule has 3 rings (SSSR count). The van der Waals surface area contributed by atoms with Crippen molar-refractivity contribution in [2.75, 3.05) is 27.4 Å². The third-order valence-corrected chi connectivity index (χ3v) is 4.43. The van der Waals surface area contributed by atoms with Crippen molar-refractivity contribution in [1.82, 2.24) is 4.90 Å². The number of benzene rings is 1. The molecule has 0 N–H and O–H groups in total. The molecule has 0 unspecified atom stereocenters. The van der Waals surface area contributed by atoms with Crippen LogP contribution in [0.3, 0.4) is 0 Å². The lowest BCUT2D eigenvalue weighted by atomic mass is 10.0. The maximum atomic E-state index is 13.2. The van der Waals surface area contributed by atoms with Crippen molar-refractivity contribution >= 4 is 5.91 Å². The first-order valence-corrected chi connectivity index (χ1v) is 8.36. The van der Waals surface area contributed by atoms with Crippen molar-refractivity contribution in [2.45, 2.75) is 25.4 Å². The summed E-state index contributed by atoms with van der Waals surface area (Å²) in [5.74, 6) is 1.85. The highest BCUT2D eigenvalue weighted by atomic mass is 16.5. The van der Waals surface area contributed by atoms with Crippen LogP contribution in [-0.2, 0) is 11.3 Å². The minimum Gasteiger partial charge on any atom is -0.493 e. The average molecular weight is 345 g/mol. The molecule has 1 aromatic carbocycles. The Balaban J connectivity index is 1.87. The molecule has 2 aromatic rings. The zero-order valence-electron chi connectivity index (χ0n) is 14.6. The summed E-state index contributed by atoms with van der Waals surface area (Å²) in [6.07, 6.45) is 3.26. The Labute approximate surface area is 147 Å². The number of ether oxygens (including phenoxy) is 3. The van der Waals surface area contributed by atoms with Crippen LogP contribution in [0.1, 0.15) is 29.0 Å². The second kappa shape index (κ2) is 8.07. The SMILES string of the molecule is COc1ccc(C(=O)N(Cc2ccco2)C2CCOCC2)cc1OC. The van der Waals surface area contributed by atoms with E-state index in [0.29, 0.717) is 36.8 Å². The third kappa shape index (κ3) is 3.96. The van der Waals surface area contributed by atoms with Crippen LogP contribution in [0.2, 0.25) is 0 Å². The number of furan rings is 1. The van der Waals surface area contributed by atoms with Gasteiger partial charge in [0.2, 0.25) is 0 Å². The molecule has 1 saturated heterocycles. The Kier molecular flexibility index (Phi) is 5.60. The lowest BCUT2D eigenvalue weighted by Gasteiger charge is -2.34. The Hall–Kier alpha value is -2.47. The van der Waals surface area contributed by atoms with Gasteiger partial charge < -0.3 is 23.5 Å². The molecular formula is C19H23NO5. The first kappa shape index (κ1) is 17.4. The maximum Gasteiger partial charge on any atom is 0.254 e. The molecule has 25 heavy (non-hydrogen) atoms. The number of amides is 1. The summed E-state index contributed by atoms with van der Waals surface area (Å²) in [5, 5.41) is 0. The van der Waals surface area contributed by atoms with Gasteiger partial charge in [-0.15, -0.1) is 0 Å². The van der Waals surface area contributed by atoms with Crippen LogP contribution in [0.15, 0.2) is 41.0 Å². The molecule has 2 heterocycles. The van der Waals surface area contributed by atoms with E-state index in [4.69, 9.17) is 18.6 Å². The molecule has 1 amide bonds. The van der Waals surface area contributed by atoms with Crippen molar-refractivity contribution in [3.05, 3.63) is 47.9 Å². The van der Waals surface area contributed by atoms with Gasteiger partial charge in [0.05, 0.1) is 27.0 Å². The van der Waals surface area contributed by atoms with Crippen molar-refractivity contribution in [3.63, 3.8) is 0 Å². The highest BCUT2D eigenvalue weighted by Crippen LogP contribution is 2.29. The van der Waals surface area contributed by atoms with Crippen LogP contribution in [0.4, 0.5) is 0 Å². The maximum absolute atomic E-state index is 13.2. The second-order valence-electron chi connectivity index (χ2n) is 5.93. The van der Waals surface area contributed by atoms with Crippen LogP contribution in [0.25, 0.3) is 0 Å². The van der Waals surface area contributed by atoms with Crippen molar-refractivity contribution in [3.8, 4) is 11.5 Å². The van der Waals surface area contributed by atoms with Crippen LogP contribution in [0.5, 0.6) is 11.5 Å². The minimum absolute atomic E-state index is 0.0516. The molecule has 1 aliphatic heterocycles. The van der Waals surface area contributed by atoms with Crippen LogP contribution < -0.4 is 9.47 Å². The van der Waals surface area contributed by atoms with Gasteiger partial charge in [0.1, 0.15) is 5.76 Å². The molecule has 0 atom stereocenters.